The number of benzene rings is 2. The smallest absolute Gasteiger partial charge is 0.316 e. The third-order valence-electron chi connectivity index (χ3n) is 7.35. The van der Waals surface area contributed by atoms with Crippen LogP contribution in [0.3, 0.4) is 0 Å². The van der Waals surface area contributed by atoms with E-state index < -0.39 is 59.5 Å². The Morgan fingerprint density at radius 3 is 2.27 bits per heavy atom. The zero-order chi connectivity index (χ0) is 29.2. The quantitative estimate of drug-likeness (QED) is 0.368. The fourth-order valence-electron chi connectivity index (χ4n) is 5.13. The highest BCUT2D eigenvalue weighted by atomic mass is 19.4. The highest BCUT2D eigenvalue weighted by Gasteiger charge is 2.57. The van der Waals surface area contributed by atoms with Crippen molar-refractivity contribution in [1.82, 2.24) is 19.7 Å². The maximum absolute atomic E-state index is 15.8. The number of aryl methyl sites for hydroxylation is 1. The van der Waals surface area contributed by atoms with Gasteiger partial charge in [-0.2, -0.15) is 22.0 Å². The summed E-state index contributed by atoms with van der Waals surface area (Å²) < 4.78 is 116. The molecule has 3 atom stereocenters. The van der Waals surface area contributed by atoms with Crippen LogP contribution >= 0.6 is 0 Å². The Bertz CT molecular complexity index is 1440. The van der Waals surface area contributed by atoms with Crippen molar-refractivity contribution in [2.75, 3.05) is 18.0 Å². The topological polar surface area (TPSA) is 54.3 Å². The van der Waals surface area contributed by atoms with Gasteiger partial charge in [-0.1, -0.05) is 12.1 Å². The lowest BCUT2D eigenvalue weighted by molar-refractivity contribution is -0.149. The number of halogens is 8. The highest BCUT2D eigenvalue weighted by Crippen LogP contribution is 2.48. The van der Waals surface area contributed by atoms with Gasteiger partial charge in [-0.3, -0.25) is 9.69 Å². The molecular formula is C26H23F8N5O. The summed E-state index contributed by atoms with van der Waals surface area (Å²) in [6, 6.07) is 6.64. The third-order valence-corrected chi connectivity index (χ3v) is 7.35. The molecule has 3 aromatic rings. The maximum Gasteiger partial charge on any atom is 0.416 e. The molecule has 0 bridgehead atoms. The van der Waals surface area contributed by atoms with Gasteiger partial charge in [0.2, 0.25) is 11.5 Å². The summed E-state index contributed by atoms with van der Waals surface area (Å²) in [4.78, 5) is 15.6. The van der Waals surface area contributed by atoms with Crippen molar-refractivity contribution in [3.8, 4) is 0 Å². The second-order valence-electron chi connectivity index (χ2n) is 10.2. The molecule has 0 saturated carbocycles. The van der Waals surface area contributed by atoms with Gasteiger partial charge in [0.05, 0.1) is 12.1 Å². The normalized spacial score (nSPS) is 21.6. The van der Waals surface area contributed by atoms with Gasteiger partial charge in [-0.25, -0.2) is 13.2 Å². The van der Waals surface area contributed by atoms with Gasteiger partial charge in [0.15, 0.2) is 0 Å². The Labute approximate surface area is 223 Å². The first-order valence-electron chi connectivity index (χ1n) is 12.2. The zero-order valence-corrected chi connectivity index (χ0v) is 21.2. The van der Waals surface area contributed by atoms with E-state index in [0.717, 1.165) is 34.0 Å². The average Bonchev–Trinajstić information content (AvgIpc) is 3.55. The first-order valence-corrected chi connectivity index (χ1v) is 12.2. The van der Waals surface area contributed by atoms with Gasteiger partial charge in [0.1, 0.15) is 18.7 Å². The predicted octanol–water partition coefficient (Wildman–Crippen LogP) is 5.46. The lowest BCUT2D eigenvalue weighted by atomic mass is 9.90. The highest BCUT2D eigenvalue weighted by molar-refractivity contribution is 6.10. The molecule has 0 aliphatic carbocycles. The van der Waals surface area contributed by atoms with Gasteiger partial charge in [-0.15, -0.1) is 10.2 Å². The number of hydrogen-bond acceptors (Lipinski definition) is 4. The van der Waals surface area contributed by atoms with Crippen molar-refractivity contribution in [2.45, 2.75) is 50.1 Å². The van der Waals surface area contributed by atoms with Gasteiger partial charge >= 0.3 is 12.1 Å². The molecule has 2 aliphatic rings. The number of alkyl halides is 8. The van der Waals surface area contributed by atoms with Gasteiger partial charge in [0.25, 0.3) is 5.91 Å². The number of fused-ring (bicyclic) bond motifs is 1. The molecule has 1 fully saturated rings. The second-order valence-corrected chi connectivity index (χ2v) is 10.2. The molecular weight excluding hydrogens is 550 g/mol. The molecule has 0 N–H and O–H groups in total. The van der Waals surface area contributed by atoms with Crippen molar-refractivity contribution in [1.29, 1.82) is 0 Å². The van der Waals surface area contributed by atoms with E-state index in [1.54, 1.807) is 0 Å². The number of aromatic nitrogens is 3. The van der Waals surface area contributed by atoms with Crippen LogP contribution in [0.1, 0.15) is 45.4 Å². The molecule has 2 aliphatic heterocycles. The van der Waals surface area contributed by atoms with Crippen LogP contribution in [0.15, 0.2) is 42.7 Å². The van der Waals surface area contributed by atoms with E-state index in [1.165, 1.54) is 30.1 Å². The Morgan fingerprint density at radius 1 is 1.00 bits per heavy atom. The van der Waals surface area contributed by atoms with E-state index in [9.17, 15) is 26.7 Å². The Balaban J connectivity index is 1.49. The zero-order valence-electron chi connectivity index (χ0n) is 21.2. The number of hydrogen-bond donors (Lipinski definition) is 0. The molecule has 2 unspecified atom stereocenters. The largest absolute Gasteiger partial charge is 0.416 e. The lowest BCUT2D eigenvalue weighted by Gasteiger charge is -2.30. The van der Waals surface area contributed by atoms with Crippen molar-refractivity contribution in [3.05, 3.63) is 76.4 Å². The van der Waals surface area contributed by atoms with Crippen LogP contribution in [-0.2, 0) is 37.9 Å². The van der Waals surface area contributed by atoms with E-state index in [0.29, 0.717) is 6.92 Å². The minimum absolute atomic E-state index is 0.0379. The van der Waals surface area contributed by atoms with E-state index >= 15 is 13.2 Å². The number of carbonyl (C=O) groups excluding carboxylic acids is 1. The summed E-state index contributed by atoms with van der Waals surface area (Å²) in [5, 5.41) is 6.68. The van der Waals surface area contributed by atoms with Crippen LogP contribution < -0.4 is 4.90 Å². The molecule has 40 heavy (non-hydrogen) atoms. The summed E-state index contributed by atoms with van der Waals surface area (Å²) >= 11 is 0. The molecule has 14 heteroatoms. The lowest BCUT2D eigenvalue weighted by Crippen LogP contribution is -2.39. The van der Waals surface area contributed by atoms with Crippen molar-refractivity contribution in [3.63, 3.8) is 0 Å². The monoisotopic (exact) mass is 573 g/mol. The van der Waals surface area contributed by atoms with E-state index in [4.69, 9.17) is 0 Å². The summed E-state index contributed by atoms with van der Waals surface area (Å²) in [5.74, 6) is -5.95. The molecule has 2 aromatic carbocycles. The Morgan fingerprint density at radius 2 is 1.68 bits per heavy atom. The first kappa shape index (κ1) is 28.0. The molecule has 1 saturated heterocycles. The first-order chi connectivity index (χ1) is 18.6. The van der Waals surface area contributed by atoms with Gasteiger partial charge in [0, 0.05) is 37.9 Å². The van der Waals surface area contributed by atoms with Crippen LogP contribution in [-0.4, -0.2) is 51.0 Å². The summed E-state index contributed by atoms with van der Waals surface area (Å²) in [7, 11) is 1.22. The molecule has 0 spiro atoms. The third kappa shape index (κ3) is 4.61. The van der Waals surface area contributed by atoms with Crippen LogP contribution in [0, 0.1) is 0 Å². The Kier molecular flexibility index (Phi) is 6.67. The molecule has 1 aromatic heterocycles. The Hall–Kier alpha value is -3.55. The van der Waals surface area contributed by atoms with Crippen molar-refractivity contribution >= 4 is 11.6 Å². The number of amides is 1. The van der Waals surface area contributed by atoms with Crippen LogP contribution in [0.2, 0.25) is 0 Å². The van der Waals surface area contributed by atoms with E-state index in [-0.39, 0.29) is 42.0 Å². The van der Waals surface area contributed by atoms with Crippen molar-refractivity contribution < 1.29 is 39.9 Å². The standard InChI is InChI=1S/C26H23F8N5O/c1-24(29,25(30,31)23-36-35-13-37(23)2)15-4-3-5-16(8-15)39-10-18-17(22(39)40)6-14(7-19(18)26(32,33)34)9-38-11-20(27)21(28)12-38/h3-8,13,20-21H,9-12H2,1-2H3/t20?,21?,24-/m1/s1. The molecule has 6 nitrogen and oxygen atoms in total. The van der Waals surface area contributed by atoms with Crippen LogP contribution in [0.25, 0.3) is 0 Å². The SMILES string of the molecule is Cn1cnnc1C(F)(F)[C@](C)(F)c1cccc(N2Cc3c(cc(CN4CC(F)C(F)C4)cc3C(F)(F)F)C2=O)c1. The van der Waals surface area contributed by atoms with E-state index in [1.807, 2.05) is 0 Å². The number of rotatable bonds is 6. The van der Waals surface area contributed by atoms with Crippen LogP contribution in [0.4, 0.5) is 40.8 Å². The second kappa shape index (κ2) is 9.53. The minimum Gasteiger partial charge on any atom is -0.316 e. The van der Waals surface area contributed by atoms with E-state index in [2.05, 4.69) is 10.2 Å². The maximum atomic E-state index is 15.8. The number of anilines is 1. The van der Waals surface area contributed by atoms with Gasteiger partial charge in [-0.05, 0) is 47.9 Å². The van der Waals surface area contributed by atoms with Crippen LogP contribution in [0.5, 0.6) is 0 Å². The number of likely N-dealkylation sites (tertiary alicyclic amines) is 1. The van der Waals surface area contributed by atoms with Gasteiger partial charge < -0.3 is 9.47 Å². The van der Waals surface area contributed by atoms with Crippen molar-refractivity contribution in [2.24, 2.45) is 7.05 Å². The average molecular weight is 573 g/mol. The molecule has 3 heterocycles. The summed E-state index contributed by atoms with van der Waals surface area (Å²) in [6.07, 6.45) is -7.39. The summed E-state index contributed by atoms with van der Waals surface area (Å²) in [5.41, 5.74) is -5.63. The number of carbonyl (C=O) groups is 1. The predicted molar refractivity (Wildman–Crippen MR) is 127 cm³/mol. The number of nitrogens with zero attached hydrogens (tertiary/aromatic N) is 5. The molecule has 214 valence electrons. The molecule has 5 rings (SSSR count). The fourth-order valence-corrected chi connectivity index (χ4v) is 5.13. The molecule has 1 amide bonds. The molecule has 0 radical (unpaired) electrons. The minimum atomic E-state index is -4.86. The fraction of sp³-hybridized carbons (Fsp3) is 0.423. The summed E-state index contributed by atoms with van der Waals surface area (Å²) in [6.45, 7) is -0.714.